The first-order valence-corrected chi connectivity index (χ1v) is 20.8. The Hall–Kier alpha value is -0.980. The Morgan fingerprint density at radius 2 is 0.810 bits per heavy atom. The summed E-state index contributed by atoms with van der Waals surface area (Å²) in [6.07, 6.45) is 0. The summed E-state index contributed by atoms with van der Waals surface area (Å²) in [6.45, 7) is 1.28. The molecule has 0 saturated heterocycles. The predicted molar refractivity (Wildman–Crippen MR) is 199 cm³/mol. The van der Waals surface area contributed by atoms with Gasteiger partial charge in [0.1, 0.15) is 11.5 Å². The molecule has 4 aromatic rings. The molecule has 0 bridgehead atoms. The largest absolute Gasteiger partial charge is 0.492 e. The van der Waals surface area contributed by atoms with Gasteiger partial charge in [-0.15, -0.1) is 47.0 Å². The number of thioether (sulfide) groups is 8. The predicted octanol–water partition coefficient (Wildman–Crippen LogP) is 11.7. The van der Waals surface area contributed by atoms with Gasteiger partial charge in [0, 0.05) is 34.1 Å². The molecule has 0 N–H and O–H groups in total. The second-order valence-electron chi connectivity index (χ2n) is 9.54. The number of fused-ring (bicyclic) bond motifs is 7. The summed E-state index contributed by atoms with van der Waals surface area (Å²) < 4.78 is 22.0. The average molecular weight is 697 g/mol. The van der Waals surface area contributed by atoms with E-state index in [2.05, 4.69) is 72.8 Å². The van der Waals surface area contributed by atoms with Gasteiger partial charge in [-0.1, -0.05) is 108 Å². The van der Waals surface area contributed by atoms with Gasteiger partial charge in [-0.2, -0.15) is 0 Å². The molecule has 0 atom stereocenters. The lowest BCUT2D eigenvalue weighted by Crippen LogP contribution is -2.05. The van der Waals surface area contributed by atoms with Gasteiger partial charge in [-0.05, 0) is 33.7 Å². The van der Waals surface area contributed by atoms with Crippen molar-refractivity contribution in [3.63, 3.8) is 0 Å². The van der Waals surface area contributed by atoms with E-state index >= 15 is 0 Å². The van der Waals surface area contributed by atoms with Gasteiger partial charge in [0.2, 0.25) is 0 Å². The molecule has 4 aliphatic heterocycles. The van der Waals surface area contributed by atoms with E-state index in [0.29, 0.717) is 13.2 Å². The maximum atomic E-state index is 6.63. The quantitative estimate of drug-likeness (QED) is 0.176. The standard InChI is InChI=1S/C32H24O2S8/c1-3-7-21-19(5-1)9-11-23-25(21)26-22-8-4-2-6-20(22)10-12-24(26)34-14-16-36-28-27(35-15-13-33-23)39-31(40-28)32-41-29-30(42-32)38-18-17-37-29/h1-12H,13-18H2. The zero-order chi connectivity index (χ0) is 27.9. The molecule has 0 saturated carbocycles. The zero-order valence-electron chi connectivity index (χ0n) is 22.3. The molecule has 0 amide bonds. The second-order valence-corrected chi connectivity index (χ2v) is 19.6. The highest BCUT2D eigenvalue weighted by molar-refractivity contribution is 8.45. The molecule has 4 heterocycles. The van der Waals surface area contributed by atoms with Crippen molar-refractivity contribution in [2.75, 3.05) is 36.2 Å². The third-order valence-corrected chi connectivity index (χ3v) is 18.7. The van der Waals surface area contributed by atoms with Crippen molar-refractivity contribution < 1.29 is 9.47 Å². The fraction of sp³-hybridized carbons (Fsp3) is 0.188. The van der Waals surface area contributed by atoms with Crippen molar-refractivity contribution in [2.24, 2.45) is 0 Å². The number of ether oxygens (including phenoxy) is 2. The first-order chi connectivity index (χ1) is 20.8. The van der Waals surface area contributed by atoms with Gasteiger partial charge in [0.15, 0.2) is 0 Å². The van der Waals surface area contributed by atoms with Crippen LogP contribution in [0.2, 0.25) is 0 Å². The molecule has 2 nitrogen and oxygen atoms in total. The lowest BCUT2D eigenvalue weighted by Gasteiger charge is -2.20. The number of rotatable bonds is 0. The topological polar surface area (TPSA) is 18.5 Å². The normalized spacial score (nSPS) is 19.6. The summed E-state index contributed by atoms with van der Waals surface area (Å²) in [5.41, 5.74) is 2.24. The molecular weight excluding hydrogens is 673 g/mol. The minimum atomic E-state index is 0.641. The van der Waals surface area contributed by atoms with Crippen molar-refractivity contribution in [1.29, 1.82) is 0 Å². The molecule has 10 heteroatoms. The van der Waals surface area contributed by atoms with Crippen LogP contribution in [0.1, 0.15) is 0 Å². The summed E-state index contributed by atoms with van der Waals surface area (Å²) in [4.78, 5) is 0. The van der Waals surface area contributed by atoms with E-state index in [4.69, 9.17) is 9.47 Å². The van der Waals surface area contributed by atoms with E-state index in [1.165, 1.54) is 58.5 Å². The van der Waals surface area contributed by atoms with E-state index in [1.807, 2.05) is 94.1 Å². The molecule has 0 fully saturated rings. The first kappa shape index (κ1) is 28.5. The molecule has 0 radical (unpaired) electrons. The first-order valence-electron chi connectivity index (χ1n) is 13.6. The minimum absolute atomic E-state index is 0.641. The SMILES string of the molecule is c1ccc2c3c(ccc2c1)OCCSC1=C(SCCOc2ccc4ccccc4c2-3)SC(=C2SC3=C(SCCS3)S2)S1. The van der Waals surface area contributed by atoms with Crippen LogP contribution in [0.4, 0.5) is 0 Å². The lowest BCUT2D eigenvalue weighted by molar-refractivity contribution is 0.341. The maximum Gasteiger partial charge on any atom is 0.127 e. The Labute approximate surface area is 279 Å². The fourth-order valence-electron chi connectivity index (χ4n) is 5.17. The molecule has 0 spiro atoms. The molecule has 212 valence electrons. The van der Waals surface area contributed by atoms with Gasteiger partial charge >= 0.3 is 0 Å². The number of hydrogen-bond donors (Lipinski definition) is 0. The third kappa shape index (κ3) is 5.64. The van der Waals surface area contributed by atoms with Gasteiger partial charge in [0.25, 0.3) is 0 Å². The van der Waals surface area contributed by atoms with Crippen molar-refractivity contribution >= 4 is 116 Å². The summed E-state index contributed by atoms with van der Waals surface area (Å²) in [5.74, 6) is 6.08. The Bertz CT molecular complexity index is 1680. The van der Waals surface area contributed by atoms with E-state index in [1.54, 1.807) is 0 Å². The van der Waals surface area contributed by atoms with Crippen LogP contribution in [0.5, 0.6) is 11.5 Å². The summed E-state index contributed by atoms with van der Waals surface area (Å²) >= 11 is 15.8. The van der Waals surface area contributed by atoms with E-state index in [0.717, 1.165) is 34.1 Å². The van der Waals surface area contributed by atoms with Gasteiger partial charge in [-0.25, -0.2) is 0 Å². The van der Waals surface area contributed by atoms with Crippen LogP contribution in [-0.2, 0) is 0 Å². The Morgan fingerprint density at radius 3 is 1.26 bits per heavy atom. The van der Waals surface area contributed by atoms with Crippen LogP contribution in [-0.4, -0.2) is 36.2 Å². The Kier molecular flexibility index (Phi) is 8.68. The van der Waals surface area contributed by atoms with Gasteiger partial charge in [-0.3, -0.25) is 0 Å². The number of hydrogen-bond acceptors (Lipinski definition) is 10. The summed E-state index contributed by atoms with van der Waals surface area (Å²) in [6, 6.07) is 25.8. The molecular formula is C32H24O2S8. The van der Waals surface area contributed by atoms with Crippen molar-refractivity contribution in [3.8, 4) is 22.6 Å². The van der Waals surface area contributed by atoms with Crippen LogP contribution in [0, 0.1) is 0 Å². The highest BCUT2D eigenvalue weighted by Crippen LogP contribution is 2.67. The molecule has 0 aromatic heterocycles. The summed E-state index contributed by atoms with van der Waals surface area (Å²) in [7, 11) is 0. The van der Waals surface area contributed by atoms with Crippen LogP contribution in [0.3, 0.4) is 0 Å². The molecule has 4 aliphatic rings. The molecule has 0 aliphatic carbocycles. The molecule has 4 aromatic carbocycles. The third-order valence-electron chi connectivity index (χ3n) is 6.97. The van der Waals surface area contributed by atoms with Crippen LogP contribution >= 0.6 is 94.1 Å². The molecule has 8 rings (SSSR count). The van der Waals surface area contributed by atoms with Crippen molar-refractivity contribution in [3.05, 3.63) is 98.2 Å². The fourth-order valence-corrected chi connectivity index (χ4v) is 17.0. The second kappa shape index (κ2) is 12.8. The van der Waals surface area contributed by atoms with Crippen LogP contribution in [0.15, 0.2) is 98.2 Å². The van der Waals surface area contributed by atoms with E-state index in [9.17, 15) is 0 Å². The van der Waals surface area contributed by atoms with Crippen molar-refractivity contribution in [2.45, 2.75) is 0 Å². The molecule has 0 unspecified atom stereocenters. The van der Waals surface area contributed by atoms with Crippen LogP contribution < -0.4 is 9.47 Å². The number of benzene rings is 4. The van der Waals surface area contributed by atoms with Gasteiger partial charge in [0.05, 0.1) is 38.6 Å². The van der Waals surface area contributed by atoms with Crippen LogP contribution in [0.25, 0.3) is 32.7 Å². The minimum Gasteiger partial charge on any atom is -0.492 e. The van der Waals surface area contributed by atoms with Gasteiger partial charge < -0.3 is 9.47 Å². The smallest absolute Gasteiger partial charge is 0.127 e. The van der Waals surface area contributed by atoms with E-state index < -0.39 is 0 Å². The van der Waals surface area contributed by atoms with Crippen molar-refractivity contribution in [1.82, 2.24) is 0 Å². The Morgan fingerprint density at radius 1 is 0.405 bits per heavy atom. The maximum absolute atomic E-state index is 6.63. The average Bonchev–Trinajstić information content (AvgIpc) is 3.65. The Balaban J connectivity index is 1.14. The highest BCUT2D eigenvalue weighted by atomic mass is 32.3. The molecule has 42 heavy (non-hydrogen) atoms. The summed E-state index contributed by atoms with van der Waals surface area (Å²) in [5, 5.41) is 4.78. The van der Waals surface area contributed by atoms with E-state index in [-0.39, 0.29) is 0 Å². The highest BCUT2D eigenvalue weighted by Gasteiger charge is 2.32. The lowest BCUT2D eigenvalue weighted by atomic mass is 9.92. The monoisotopic (exact) mass is 696 g/mol. The zero-order valence-corrected chi connectivity index (χ0v) is 28.8.